The summed E-state index contributed by atoms with van der Waals surface area (Å²) < 4.78 is 27.4. The summed E-state index contributed by atoms with van der Waals surface area (Å²) in [5, 5.41) is 2.79. The normalized spacial score (nSPS) is 20.4. The van der Waals surface area contributed by atoms with E-state index in [-0.39, 0.29) is 6.04 Å². The summed E-state index contributed by atoms with van der Waals surface area (Å²) in [5.41, 5.74) is 0. The monoisotopic (exact) mass is 305 g/mol. The van der Waals surface area contributed by atoms with Gasteiger partial charge in [-0.3, -0.25) is 0 Å². The van der Waals surface area contributed by atoms with Crippen LogP contribution >= 0.6 is 0 Å². The third-order valence-electron chi connectivity index (χ3n) is 3.80. The molecule has 1 unspecified atom stereocenters. The molecule has 0 bridgehead atoms. The first-order chi connectivity index (χ1) is 9.35. The fourth-order valence-corrected chi connectivity index (χ4v) is 3.70. The SMILES string of the molecule is CCCN1CCC(NS(=O)(=O)C(C)CNC(C)C)CC1. The molecule has 2 N–H and O–H groups in total. The average Bonchev–Trinajstić information content (AvgIpc) is 2.38. The molecule has 20 heavy (non-hydrogen) atoms. The number of nitrogens with zero attached hydrogens (tertiary/aromatic N) is 1. The van der Waals surface area contributed by atoms with Gasteiger partial charge in [-0.05, 0) is 45.8 Å². The van der Waals surface area contributed by atoms with Gasteiger partial charge in [0, 0.05) is 18.6 Å². The van der Waals surface area contributed by atoms with E-state index in [0.717, 1.165) is 38.9 Å². The number of nitrogens with one attached hydrogen (secondary N) is 2. The third-order valence-corrected chi connectivity index (χ3v) is 5.69. The highest BCUT2D eigenvalue weighted by atomic mass is 32.2. The van der Waals surface area contributed by atoms with Gasteiger partial charge in [0.25, 0.3) is 0 Å². The first-order valence-electron chi connectivity index (χ1n) is 7.82. The van der Waals surface area contributed by atoms with Crippen LogP contribution in [0.2, 0.25) is 0 Å². The van der Waals surface area contributed by atoms with Gasteiger partial charge in [0.2, 0.25) is 10.0 Å². The van der Waals surface area contributed by atoms with Gasteiger partial charge in [-0.2, -0.15) is 0 Å². The maximum atomic E-state index is 12.3. The molecule has 0 aliphatic carbocycles. The van der Waals surface area contributed by atoms with Crippen LogP contribution in [0, 0.1) is 0 Å². The van der Waals surface area contributed by atoms with Gasteiger partial charge in [0.05, 0.1) is 5.25 Å². The number of rotatable bonds is 8. The molecule has 0 radical (unpaired) electrons. The molecule has 1 aliphatic heterocycles. The van der Waals surface area contributed by atoms with E-state index in [0.29, 0.717) is 12.6 Å². The van der Waals surface area contributed by atoms with Crippen molar-refractivity contribution in [3.8, 4) is 0 Å². The predicted octanol–water partition coefficient (Wildman–Crippen LogP) is 1.17. The summed E-state index contributed by atoms with van der Waals surface area (Å²) in [6.07, 6.45) is 3.00. The number of hydrogen-bond donors (Lipinski definition) is 2. The third kappa shape index (κ3) is 6.08. The predicted molar refractivity (Wildman–Crippen MR) is 84.4 cm³/mol. The van der Waals surface area contributed by atoms with Crippen molar-refractivity contribution < 1.29 is 8.42 Å². The van der Waals surface area contributed by atoms with E-state index in [1.54, 1.807) is 6.92 Å². The van der Waals surface area contributed by atoms with Crippen LogP contribution in [0.25, 0.3) is 0 Å². The van der Waals surface area contributed by atoms with Crippen molar-refractivity contribution in [2.45, 2.75) is 64.3 Å². The Bertz CT molecular complexity index is 363. The zero-order valence-electron chi connectivity index (χ0n) is 13.4. The van der Waals surface area contributed by atoms with Gasteiger partial charge in [-0.25, -0.2) is 13.1 Å². The van der Waals surface area contributed by atoms with Crippen molar-refractivity contribution in [1.82, 2.24) is 14.9 Å². The van der Waals surface area contributed by atoms with Crippen LogP contribution in [0.1, 0.15) is 47.0 Å². The molecule has 0 aromatic carbocycles. The molecule has 120 valence electrons. The molecule has 5 nitrogen and oxygen atoms in total. The van der Waals surface area contributed by atoms with Crippen molar-refractivity contribution in [1.29, 1.82) is 0 Å². The second-order valence-corrected chi connectivity index (χ2v) is 8.28. The number of piperidine rings is 1. The minimum absolute atomic E-state index is 0.106. The first-order valence-corrected chi connectivity index (χ1v) is 9.36. The summed E-state index contributed by atoms with van der Waals surface area (Å²) in [7, 11) is -3.22. The molecule has 0 amide bonds. The maximum Gasteiger partial charge on any atom is 0.215 e. The molecule has 1 aliphatic rings. The van der Waals surface area contributed by atoms with Gasteiger partial charge in [-0.1, -0.05) is 20.8 Å². The summed E-state index contributed by atoms with van der Waals surface area (Å²) >= 11 is 0. The topological polar surface area (TPSA) is 61.4 Å². The van der Waals surface area contributed by atoms with E-state index >= 15 is 0 Å². The standard InChI is InChI=1S/C14H31N3O2S/c1-5-8-17-9-6-14(7-10-17)16-20(18,19)13(4)11-15-12(2)3/h12-16H,5-11H2,1-4H3. The Morgan fingerprint density at radius 2 is 1.80 bits per heavy atom. The zero-order valence-corrected chi connectivity index (χ0v) is 14.2. The van der Waals surface area contributed by atoms with Gasteiger partial charge < -0.3 is 10.2 Å². The van der Waals surface area contributed by atoms with Crippen LogP contribution < -0.4 is 10.0 Å². The summed E-state index contributed by atoms with van der Waals surface area (Å²) in [5.74, 6) is 0. The molecule has 0 aromatic rings. The van der Waals surface area contributed by atoms with Crippen molar-refractivity contribution >= 4 is 10.0 Å². The molecule has 0 aromatic heterocycles. The lowest BCUT2D eigenvalue weighted by Crippen LogP contribution is -2.48. The van der Waals surface area contributed by atoms with Crippen LogP contribution in [0.15, 0.2) is 0 Å². The lowest BCUT2D eigenvalue weighted by Gasteiger charge is -2.32. The van der Waals surface area contributed by atoms with Gasteiger partial charge in [0.15, 0.2) is 0 Å². The van der Waals surface area contributed by atoms with Crippen molar-refractivity contribution in [2.75, 3.05) is 26.2 Å². The summed E-state index contributed by atoms with van der Waals surface area (Å²) in [4.78, 5) is 2.41. The largest absolute Gasteiger partial charge is 0.313 e. The molecule has 0 spiro atoms. The second-order valence-electron chi connectivity index (χ2n) is 6.15. The fourth-order valence-electron chi connectivity index (χ4n) is 2.45. The van der Waals surface area contributed by atoms with Crippen LogP contribution in [0.3, 0.4) is 0 Å². The van der Waals surface area contributed by atoms with Crippen LogP contribution in [-0.2, 0) is 10.0 Å². The zero-order chi connectivity index (χ0) is 15.2. The Balaban J connectivity index is 2.39. The van der Waals surface area contributed by atoms with Crippen molar-refractivity contribution in [2.24, 2.45) is 0 Å². The smallest absolute Gasteiger partial charge is 0.215 e. The molecule has 1 rings (SSSR count). The lowest BCUT2D eigenvalue weighted by atomic mass is 10.1. The average molecular weight is 305 g/mol. The summed E-state index contributed by atoms with van der Waals surface area (Å²) in [6, 6.07) is 0.416. The second kappa shape index (κ2) is 8.32. The molecule has 0 saturated carbocycles. The Morgan fingerprint density at radius 3 is 2.30 bits per heavy atom. The van der Waals surface area contributed by atoms with E-state index in [9.17, 15) is 8.42 Å². The van der Waals surface area contributed by atoms with E-state index in [1.165, 1.54) is 0 Å². The number of likely N-dealkylation sites (tertiary alicyclic amines) is 1. The van der Waals surface area contributed by atoms with Gasteiger partial charge >= 0.3 is 0 Å². The van der Waals surface area contributed by atoms with Crippen LogP contribution in [0.4, 0.5) is 0 Å². The molecule has 1 saturated heterocycles. The lowest BCUT2D eigenvalue weighted by molar-refractivity contribution is 0.207. The van der Waals surface area contributed by atoms with E-state index in [2.05, 4.69) is 21.9 Å². The molecule has 1 heterocycles. The summed E-state index contributed by atoms with van der Waals surface area (Å²) in [6.45, 7) is 11.6. The highest BCUT2D eigenvalue weighted by molar-refractivity contribution is 7.90. The molecular formula is C14H31N3O2S. The highest BCUT2D eigenvalue weighted by Crippen LogP contribution is 2.12. The van der Waals surface area contributed by atoms with Crippen LogP contribution in [0.5, 0.6) is 0 Å². The maximum absolute atomic E-state index is 12.3. The van der Waals surface area contributed by atoms with Crippen LogP contribution in [-0.4, -0.2) is 56.8 Å². The Morgan fingerprint density at radius 1 is 1.20 bits per heavy atom. The Hall–Kier alpha value is -0.170. The molecule has 1 fully saturated rings. The van der Waals surface area contributed by atoms with Gasteiger partial charge in [0.1, 0.15) is 0 Å². The number of hydrogen-bond acceptors (Lipinski definition) is 4. The van der Waals surface area contributed by atoms with E-state index in [1.807, 2.05) is 13.8 Å². The van der Waals surface area contributed by atoms with Crippen molar-refractivity contribution in [3.05, 3.63) is 0 Å². The Kier molecular flexibility index (Phi) is 7.43. The molecular weight excluding hydrogens is 274 g/mol. The molecule has 1 atom stereocenters. The molecule has 6 heteroatoms. The van der Waals surface area contributed by atoms with E-state index in [4.69, 9.17) is 0 Å². The first kappa shape index (κ1) is 17.9. The highest BCUT2D eigenvalue weighted by Gasteiger charge is 2.26. The van der Waals surface area contributed by atoms with E-state index < -0.39 is 15.3 Å². The van der Waals surface area contributed by atoms with Crippen molar-refractivity contribution in [3.63, 3.8) is 0 Å². The fraction of sp³-hybridized carbons (Fsp3) is 1.00. The minimum atomic E-state index is -3.22. The Labute approximate surface area is 124 Å². The number of sulfonamides is 1. The quantitative estimate of drug-likeness (QED) is 0.706. The minimum Gasteiger partial charge on any atom is -0.313 e. The van der Waals surface area contributed by atoms with Gasteiger partial charge in [-0.15, -0.1) is 0 Å².